The normalized spacial score (nSPS) is 38.3. The standard InChI is InChI=1S/C7H11NO2/c1-9-6-3-7(4-6,5-8)10-2/h6H,3-4H2,1-2H3. The summed E-state index contributed by atoms with van der Waals surface area (Å²) in [6.45, 7) is 0. The van der Waals surface area contributed by atoms with Gasteiger partial charge >= 0.3 is 0 Å². The van der Waals surface area contributed by atoms with Crippen LogP contribution < -0.4 is 0 Å². The van der Waals surface area contributed by atoms with Crippen molar-refractivity contribution in [2.45, 2.75) is 24.5 Å². The minimum Gasteiger partial charge on any atom is -0.381 e. The Morgan fingerprint density at radius 1 is 1.50 bits per heavy atom. The van der Waals surface area contributed by atoms with Crippen LogP contribution in [0.15, 0.2) is 0 Å². The van der Waals surface area contributed by atoms with Crippen LogP contribution in [0.5, 0.6) is 0 Å². The van der Waals surface area contributed by atoms with Gasteiger partial charge in [-0.15, -0.1) is 0 Å². The average Bonchev–Trinajstić information content (AvgIpc) is 1.89. The van der Waals surface area contributed by atoms with Crippen LogP contribution in [-0.2, 0) is 9.47 Å². The fourth-order valence-electron chi connectivity index (χ4n) is 1.15. The third-order valence-corrected chi connectivity index (χ3v) is 2.04. The van der Waals surface area contributed by atoms with Crippen LogP contribution in [0.2, 0.25) is 0 Å². The van der Waals surface area contributed by atoms with Gasteiger partial charge in [0.2, 0.25) is 0 Å². The van der Waals surface area contributed by atoms with Crippen molar-refractivity contribution in [1.82, 2.24) is 0 Å². The van der Waals surface area contributed by atoms with Crippen molar-refractivity contribution in [2.24, 2.45) is 0 Å². The van der Waals surface area contributed by atoms with E-state index in [1.54, 1.807) is 14.2 Å². The van der Waals surface area contributed by atoms with E-state index in [0.717, 1.165) is 0 Å². The Labute approximate surface area is 60.5 Å². The molecule has 0 radical (unpaired) electrons. The highest BCUT2D eigenvalue weighted by Crippen LogP contribution is 2.36. The zero-order valence-corrected chi connectivity index (χ0v) is 6.26. The topological polar surface area (TPSA) is 42.2 Å². The monoisotopic (exact) mass is 141 g/mol. The average molecular weight is 141 g/mol. The molecule has 1 aliphatic rings. The molecule has 0 saturated heterocycles. The second kappa shape index (κ2) is 2.57. The summed E-state index contributed by atoms with van der Waals surface area (Å²) in [5, 5.41) is 8.62. The first kappa shape index (κ1) is 7.52. The Hall–Kier alpha value is -0.590. The molecule has 0 spiro atoms. The van der Waals surface area contributed by atoms with Gasteiger partial charge in [-0.3, -0.25) is 0 Å². The summed E-state index contributed by atoms with van der Waals surface area (Å²) in [6, 6.07) is 2.13. The molecule has 0 heterocycles. The molecular weight excluding hydrogens is 130 g/mol. The van der Waals surface area contributed by atoms with Crippen molar-refractivity contribution in [3.63, 3.8) is 0 Å². The van der Waals surface area contributed by atoms with Gasteiger partial charge in [-0.2, -0.15) is 5.26 Å². The molecule has 56 valence electrons. The van der Waals surface area contributed by atoms with Gasteiger partial charge in [0, 0.05) is 27.1 Å². The number of rotatable bonds is 2. The minimum atomic E-state index is -0.541. The Morgan fingerprint density at radius 2 is 2.10 bits per heavy atom. The van der Waals surface area contributed by atoms with Gasteiger partial charge < -0.3 is 9.47 Å². The van der Waals surface area contributed by atoms with Gasteiger partial charge in [0.1, 0.15) is 0 Å². The van der Waals surface area contributed by atoms with Crippen molar-refractivity contribution in [3.05, 3.63) is 0 Å². The van der Waals surface area contributed by atoms with Crippen LogP contribution in [0.3, 0.4) is 0 Å². The van der Waals surface area contributed by atoms with Crippen molar-refractivity contribution < 1.29 is 9.47 Å². The quantitative estimate of drug-likeness (QED) is 0.568. The highest BCUT2D eigenvalue weighted by atomic mass is 16.5. The molecule has 0 bridgehead atoms. The Morgan fingerprint density at radius 3 is 2.40 bits per heavy atom. The molecule has 0 N–H and O–H groups in total. The smallest absolute Gasteiger partial charge is 0.158 e. The molecule has 1 saturated carbocycles. The summed E-state index contributed by atoms with van der Waals surface area (Å²) < 4.78 is 10.0. The number of methoxy groups -OCH3 is 2. The summed E-state index contributed by atoms with van der Waals surface area (Å²) in [7, 11) is 3.22. The maximum atomic E-state index is 8.62. The molecule has 0 aromatic carbocycles. The first-order chi connectivity index (χ1) is 4.76. The Kier molecular flexibility index (Phi) is 1.93. The van der Waals surface area contributed by atoms with Gasteiger partial charge in [0.15, 0.2) is 5.60 Å². The summed E-state index contributed by atoms with van der Waals surface area (Å²) in [5.41, 5.74) is -0.541. The van der Waals surface area contributed by atoms with Gasteiger partial charge in [-0.25, -0.2) is 0 Å². The van der Waals surface area contributed by atoms with Crippen LogP contribution in [0.25, 0.3) is 0 Å². The lowest BCUT2D eigenvalue weighted by molar-refractivity contribution is -0.113. The van der Waals surface area contributed by atoms with Crippen molar-refractivity contribution >= 4 is 0 Å². The third kappa shape index (κ3) is 1.00. The minimum absolute atomic E-state index is 0.222. The highest BCUT2D eigenvalue weighted by molar-refractivity contribution is 5.11. The second-order valence-electron chi connectivity index (χ2n) is 2.58. The van der Waals surface area contributed by atoms with Crippen LogP contribution in [-0.4, -0.2) is 25.9 Å². The lowest BCUT2D eigenvalue weighted by Crippen LogP contribution is -2.48. The molecule has 1 fully saturated rings. The fourth-order valence-corrected chi connectivity index (χ4v) is 1.15. The van der Waals surface area contributed by atoms with Crippen molar-refractivity contribution in [3.8, 4) is 6.07 Å². The fraction of sp³-hybridized carbons (Fsp3) is 0.857. The number of hydrogen-bond donors (Lipinski definition) is 0. The Bertz CT molecular complexity index is 155. The third-order valence-electron chi connectivity index (χ3n) is 2.04. The van der Waals surface area contributed by atoms with E-state index in [4.69, 9.17) is 14.7 Å². The summed E-state index contributed by atoms with van der Waals surface area (Å²) in [4.78, 5) is 0. The number of nitrogens with zero attached hydrogens (tertiary/aromatic N) is 1. The molecule has 3 nitrogen and oxygen atoms in total. The van der Waals surface area contributed by atoms with Crippen molar-refractivity contribution in [1.29, 1.82) is 5.26 Å². The van der Waals surface area contributed by atoms with Crippen LogP contribution in [0.1, 0.15) is 12.8 Å². The van der Waals surface area contributed by atoms with Gasteiger partial charge in [-0.1, -0.05) is 0 Å². The first-order valence-electron chi connectivity index (χ1n) is 3.25. The maximum absolute atomic E-state index is 8.62. The molecule has 0 aromatic rings. The lowest BCUT2D eigenvalue weighted by atomic mass is 9.78. The molecule has 0 aliphatic heterocycles. The van der Waals surface area contributed by atoms with Gasteiger partial charge in [0.05, 0.1) is 12.2 Å². The molecule has 1 aliphatic carbocycles. The Balaban J connectivity index is 2.41. The second-order valence-corrected chi connectivity index (χ2v) is 2.58. The molecule has 1 rings (SSSR count). The molecule has 0 amide bonds. The predicted octanol–water partition coefficient (Wildman–Crippen LogP) is 0.704. The molecule has 0 atom stereocenters. The van der Waals surface area contributed by atoms with E-state index in [0.29, 0.717) is 12.8 Å². The van der Waals surface area contributed by atoms with E-state index >= 15 is 0 Å². The van der Waals surface area contributed by atoms with E-state index in [1.165, 1.54) is 0 Å². The zero-order chi connectivity index (χ0) is 7.61. The largest absolute Gasteiger partial charge is 0.381 e. The summed E-state index contributed by atoms with van der Waals surface area (Å²) in [6.07, 6.45) is 1.63. The van der Waals surface area contributed by atoms with E-state index in [9.17, 15) is 0 Å². The van der Waals surface area contributed by atoms with Crippen LogP contribution in [0.4, 0.5) is 0 Å². The van der Waals surface area contributed by atoms with Crippen LogP contribution in [0, 0.1) is 11.3 Å². The van der Waals surface area contributed by atoms with E-state index in [-0.39, 0.29) is 6.10 Å². The lowest BCUT2D eigenvalue weighted by Gasteiger charge is -2.39. The molecule has 0 aromatic heterocycles. The maximum Gasteiger partial charge on any atom is 0.158 e. The first-order valence-corrected chi connectivity index (χ1v) is 3.25. The number of ether oxygens (including phenoxy) is 2. The predicted molar refractivity (Wildman–Crippen MR) is 35.4 cm³/mol. The van der Waals surface area contributed by atoms with Gasteiger partial charge in [0.25, 0.3) is 0 Å². The molecule has 0 unspecified atom stereocenters. The molecule has 10 heavy (non-hydrogen) atoms. The van der Waals surface area contributed by atoms with E-state index in [1.807, 2.05) is 0 Å². The van der Waals surface area contributed by atoms with E-state index < -0.39 is 5.60 Å². The van der Waals surface area contributed by atoms with Gasteiger partial charge in [-0.05, 0) is 0 Å². The summed E-state index contributed by atoms with van der Waals surface area (Å²) in [5.74, 6) is 0. The highest BCUT2D eigenvalue weighted by Gasteiger charge is 2.45. The molecule has 3 heteroatoms. The zero-order valence-electron chi connectivity index (χ0n) is 6.26. The number of hydrogen-bond acceptors (Lipinski definition) is 3. The summed E-state index contributed by atoms with van der Waals surface area (Å²) >= 11 is 0. The number of nitriles is 1. The SMILES string of the molecule is COC1CC(C#N)(OC)C1. The van der Waals surface area contributed by atoms with Crippen molar-refractivity contribution in [2.75, 3.05) is 14.2 Å². The van der Waals surface area contributed by atoms with Crippen LogP contribution >= 0.6 is 0 Å². The molecular formula is C7H11NO2. The van der Waals surface area contributed by atoms with E-state index in [2.05, 4.69) is 6.07 Å².